The Bertz CT molecular complexity index is 700. The first-order valence-corrected chi connectivity index (χ1v) is 9.00. The molecule has 0 bridgehead atoms. The van der Waals surface area contributed by atoms with Gasteiger partial charge in [0.2, 0.25) is 0 Å². The van der Waals surface area contributed by atoms with Crippen molar-refractivity contribution in [2.45, 2.75) is 11.8 Å². The van der Waals surface area contributed by atoms with Crippen molar-refractivity contribution in [2.24, 2.45) is 0 Å². The summed E-state index contributed by atoms with van der Waals surface area (Å²) in [6.45, 7) is 0. The topological polar surface area (TPSA) is 65.4 Å². The number of benzene rings is 2. The molecule has 5 heteroatoms. The molecule has 0 radical (unpaired) electrons. The molecular weight excluding hydrogens is 319 g/mol. The number of hydrogen-bond donors (Lipinski definition) is 3. The van der Waals surface area contributed by atoms with Crippen molar-refractivity contribution in [1.29, 1.82) is 0 Å². The van der Waals surface area contributed by atoms with Crippen LogP contribution in [-0.2, 0) is 0 Å². The first-order chi connectivity index (χ1) is 11.8. The molecule has 4 nitrogen and oxygen atoms in total. The number of hydrogen-bond acceptors (Lipinski definition) is 4. The Morgan fingerprint density at radius 1 is 0.750 bits per heavy atom. The van der Waals surface area contributed by atoms with Gasteiger partial charge in [-0.05, 0) is 22.8 Å². The molecule has 3 N–H and O–H groups in total. The predicted molar refractivity (Wildman–Crippen MR) is 96.2 cm³/mol. The molecule has 0 aliphatic heterocycles. The molecule has 0 saturated carbocycles. The predicted octanol–water partition coefficient (Wildman–Crippen LogP) is 3.76. The van der Waals surface area contributed by atoms with E-state index in [2.05, 4.69) is 10.3 Å². The van der Waals surface area contributed by atoms with Crippen LogP contribution in [-0.4, -0.2) is 14.8 Å². The highest BCUT2D eigenvalue weighted by molar-refractivity contribution is 7.45. The molecule has 0 spiro atoms. The maximum absolute atomic E-state index is 9.94. The fourth-order valence-electron chi connectivity index (χ4n) is 2.67. The van der Waals surface area contributed by atoms with Crippen LogP contribution in [0, 0.1) is 0 Å². The summed E-state index contributed by atoms with van der Waals surface area (Å²) in [4.78, 5) is 24.0. The van der Waals surface area contributed by atoms with E-state index in [4.69, 9.17) is 0 Å². The van der Waals surface area contributed by atoms with E-state index in [1.807, 2.05) is 66.7 Å². The van der Waals surface area contributed by atoms with Crippen molar-refractivity contribution in [3.8, 4) is 0 Å². The standard InChI is InChI=1S/C19H19N2O2P/c22-24(23)19(17-12-7-13-20-14-17)21-18(15-8-3-1-4-9-15)16-10-5-2-6-11-16/h1-14,18-19,21-23H. The SMILES string of the molecule is OP(O)C(NC(c1ccccc1)c1ccccc1)c1cccnc1. The first kappa shape index (κ1) is 16.7. The summed E-state index contributed by atoms with van der Waals surface area (Å²) in [6, 6.07) is 23.5. The van der Waals surface area contributed by atoms with E-state index >= 15 is 0 Å². The largest absolute Gasteiger partial charge is 0.349 e. The first-order valence-electron chi connectivity index (χ1n) is 7.68. The molecule has 1 aromatic heterocycles. The molecule has 122 valence electrons. The van der Waals surface area contributed by atoms with Gasteiger partial charge in [-0.1, -0.05) is 66.7 Å². The van der Waals surface area contributed by atoms with Crippen LogP contribution in [0.15, 0.2) is 85.2 Å². The van der Waals surface area contributed by atoms with Crippen molar-refractivity contribution in [1.82, 2.24) is 10.3 Å². The number of nitrogens with zero attached hydrogens (tertiary/aromatic N) is 1. The summed E-state index contributed by atoms with van der Waals surface area (Å²) < 4.78 is 0. The lowest BCUT2D eigenvalue weighted by Crippen LogP contribution is -2.26. The molecule has 0 aliphatic rings. The number of rotatable bonds is 6. The fraction of sp³-hybridized carbons (Fsp3) is 0.105. The van der Waals surface area contributed by atoms with Crippen molar-refractivity contribution < 1.29 is 9.79 Å². The second kappa shape index (κ2) is 8.13. The Kier molecular flexibility index (Phi) is 5.68. The Balaban J connectivity index is 1.96. The maximum Gasteiger partial charge on any atom is 0.188 e. The lowest BCUT2D eigenvalue weighted by molar-refractivity contribution is 0.438. The molecular formula is C19H19N2O2P. The highest BCUT2D eigenvalue weighted by Gasteiger charge is 2.25. The van der Waals surface area contributed by atoms with E-state index in [0.717, 1.165) is 16.7 Å². The molecule has 1 unspecified atom stereocenters. The Morgan fingerprint density at radius 2 is 1.29 bits per heavy atom. The zero-order valence-electron chi connectivity index (χ0n) is 13.0. The minimum Gasteiger partial charge on any atom is -0.349 e. The molecule has 0 aliphatic carbocycles. The van der Waals surface area contributed by atoms with Crippen LogP contribution in [0.3, 0.4) is 0 Å². The van der Waals surface area contributed by atoms with Gasteiger partial charge in [-0.2, -0.15) is 0 Å². The molecule has 0 fully saturated rings. The lowest BCUT2D eigenvalue weighted by atomic mass is 9.98. The van der Waals surface area contributed by atoms with Gasteiger partial charge in [0.1, 0.15) is 5.78 Å². The summed E-state index contributed by atoms with van der Waals surface area (Å²) in [5.74, 6) is -0.584. The molecule has 3 rings (SSSR count). The summed E-state index contributed by atoms with van der Waals surface area (Å²) in [7, 11) is -2.20. The third-order valence-corrected chi connectivity index (χ3v) is 4.73. The van der Waals surface area contributed by atoms with Gasteiger partial charge < -0.3 is 9.79 Å². The molecule has 24 heavy (non-hydrogen) atoms. The smallest absolute Gasteiger partial charge is 0.188 e. The average Bonchev–Trinajstić information content (AvgIpc) is 2.64. The van der Waals surface area contributed by atoms with Gasteiger partial charge in [0.25, 0.3) is 0 Å². The highest BCUT2D eigenvalue weighted by atomic mass is 31.2. The van der Waals surface area contributed by atoms with Crippen molar-refractivity contribution >= 4 is 8.38 Å². The van der Waals surface area contributed by atoms with E-state index in [9.17, 15) is 9.79 Å². The van der Waals surface area contributed by atoms with Crippen LogP contribution in [0.4, 0.5) is 0 Å². The summed E-state index contributed by atoms with van der Waals surface area (Å²) in [5.41, 5.74) is 2.88. The van der Waals surface area contributed by atoms with Crippen LogP contribution in [0.5, 0.6) is 0 Å². The third kappa shape index (κ3) is 4.05. The monoisotopic (exact) mass is 338 g/mol. The van der Waals surface area contributed by atoms with Gasteiger partial charge in [-0.25, -0.2) is 0 Å². The van der Waals surface area contributed by atoms with E-state index < -0.39 is 14.2 Å². The van der Waals surface area contributed by atoms with Crippen molar-refractivity contribution in [3.63, 3.8) is 0 Å². The number of nitrogens with one attached hydrogen (secondary N) is 1. The maximum atomic E-state index is 9.94. The molecule has 1 heterocycles. The fourth-order valence-corrected chi connectivity index (χ4v) is 3.37. The van der Waals surface area contributed by atoms with Crippen LogP contribution in [0.25, 0.3) is 0 Å². The van der Waals surface area contributed by atoms with Gasteiger partial charge in [-0.3, -0.25) is 10.3 Å². The van der Waals surface area contributed by atoms with E-state index in [1.165, 1.54) is 0 Å². The molecule has 2 aromatic carbocycles. The molecule has 3 aromatic rings. The Morgan fingerprint density at radius 3 is 1.75 bits per heavy atom. The van der Waals surface area contributed by atoms with Gasteiger partial charge in [0.15, 0.2) is 8.38 Å². The van der Waals surface area contributed by atoms with Gasteiger partial charge in [0.05, 0.1) is 6.04 Å². The molecule has 1 atom stereocenters. The number of pyridine rings is 1. The van der Waals surface area contributed by atoms with Crippen molar-refractivity contribution in [2.75, 3.05) is 0 Å². The third-order valence-electron chi connectivity index (χ3n) is 3.82. The Labute approximate surface area is 142 Å². The van der Waals surface area contributed by atoms with Gasteiger partial charge >= 0.3 is 0 Å². The van der Waals surface area contributed by atoms with Gasteiger partial charge in [-0.15, -0.1) is 0 Å². The van der Waals surface area contributed by atoms with Crippen LogP contribution in [0.2, 0.25) is 0 Å². The Hall–Kier alpha value is -2.10. The van der Waals surface area contributed by atoms with Crippen LogP contribution >= 0.6 is 8.38 Å². The summed E-state index contributed by atoms with van der Waals surface area (Å²) >= 11 is 0. The van der Waals surface area contributed by atoms with Crippen LogP contribution in [0.1, 0.15) is 28.5 Å². The quantitative estimate of drug-likeness (QED) is 0.599. The minimum atomic E-state index is -2.20. The summed E-state index contributed by atoms with van der Waals surface area (Å²) in [6.07, 6.45) is 3.33. The average molecular weight is 338 g/mol. The second-order valence-corrected chi connectivity index (χ2v) is 6.59. The van der Waals surface area contributed by atoms with E-state index in [0.29, 0.717) is 0 Å². The zero-order valence-corrected chi connectivity index (χ0v) is 13.9. The van der Waals surface area contributed by atoms with Gasteiger partial charge in [0, 0.05) is 12.4 Å². The second-order valence-electron chi connectivity index (χ2n) is 5.43. The highest BCUT2D eigenvalue weighted by Crippen LogP contribution is 2.43. The number of aromatic nitrogens is 1. The molecule has 0 amide bonds. The lowest BCUT2D eigenvalue weighted by Gasteiger charge is -2.27. The minimum absolute atomic E-state index is 0.151. The normalized spacial score (nSPS) is 12.5. The van der Waals surface area contributed by atoms with Crippen LogP contribution < -0.4 is 5.32 Å². The molecule has 0 saturated heterocycles. The van der Waals surface area contributed by atoms with Crippen molar-refractivity contribution in [3.05, 3.63) is 102 Å². The summed E-state index contributed by atoms with van der Waals surface area (Å²) in [5, 5.41) is 3.39. The van der Waals surface area contributed by atoms with E-state index in [-0.39, 0.29) is 6.04 Å². The van der Waals surface area contributed by atoms with E-state index in [1.54, 1.807) is 18.5 Å². The zero-order chi connectivity index (χ0) is 16.8.